The molecule has 0 aromatic heterocycles. The van der Waals surface area contributed by atoms with Crippen LogP contribution in [0.3, 0.4) is 0 Å². The average Bonchev–Trinajstić information content (AvgIpc) is 2.60. The minimum atomic E-state index is -0.461. The summed E-state index contributed by atoms with van der Waals surface area (Å²) < 4.78 is 12.5. The number of ether oxygens (including phenoxy) is 2. The minimum Gasteiger partial charge on any atom is -0.458 e. The number of likely N-dealkylation sites (tertiary alicyclic amines) is 1. The van der Waals surface area contributed by atoms with E-state index in [0.29, 0.717) is 24.2 Å². The number of carbonyl (C=O) groups excluding carboxylic acids is 2. The van der Waals surface area contributed by atoms with Crippen LogP contribution in [0.1, 0.15) is 85.5 Å². The van der Waals surface area contributed by atoms with Crippen LogP contribution >= 0.6 is 0 Å². The van der Waals surface area contributed by atoms with Gasteiger partial charge in [-0.3, -0.25) is 4.79 Å². The number of rotatable bonds is 4. The topological polar surface area (TPSA) is 55.8 Å². The van der Waals surface area contributed by atoms with Gasteiger partial charge in [0.15, 0.2) is 0 Å². The van der Waals surface area contributed by atoms with Crippen molar-refractivity contribution >= 4 is 12.1 Å². The van der Waals surface area contributed by atoms with Crippen molar-refractivity contribution in [2.75, 3.05) is 13.1 Å². The third-order valence-electron chi connectivity index (χ3n) is 8.05. The molecule has 0 aromatic rings. The van der Waals surface area contributed by atoms with Crippen LogP contribution in [0.4, 0.5) is 4.79 Å². The van der Waals surface area contributed by atoms with Crippen molar-refractivity contribution in [3.63, 3.8) is 0 Å². The molecule has 158 valence electrons. The largest absolute Gasteiger partial charge is 0.458 e. The highest BCUT2D eigenvalue weighted by Gasteiger charge is 2.62. The fourth-order valence-electron chi connectivity index (χ4n) is 6.25. The van der Waals surface area contributed by atoms with Crippen LogP contribution in [0, 0.1) is 23.2 Å². The van der Waals surface area contributed by atoms with Crippen LogP contribution in [0.25, 0.3) is 0 Å². The fraction of sp³-hybridized carbons (Fsp3) is 0.913. The van der Waals surface area contributed by atoms with E-state index in [0.717, 1.165) is 58.0 Å². The molecule has 5 aliphatic rings. The maximum Gasteiger partial charge on any atom is 0.410 e. The molecule has 1 aliphatic heterocycles. The minimum absolute atomic E-state index is 0.0940. The van der Waals surface area contributed by atoms with Crippen molar-refractivity contribution in [3.8, 4) is 0 Å². The first kappa shape index (κ1) is 20.0. The highest BCUT2D eigenvalue weighted by molar-refractivity contribution is 5.76. The van der Waals surface area contributed by atoms with Crippen molar-refractivity contribution in [2.24, 2.45) is 23.2 Å². The van der Waals surface area contributed by atoms with Gasteiger partial charge in [-0.25, -0.2) is 4.79 Å². The lowest BCUT2D eigenvalue weighted by Crippen LogP contribution is -2.63. The quantitative estimate of drug-likeness (QED) is 0.638. The van der Waals surface area contributed by atoms with Crippen LogP contribution < -0.4 is 0 Å². The Morgan fingerprint density at radius 2 is 1.54 bits per heavy atom. The van der Waals surface area contributed by atoms with E-state index in [1.807, 2.05) is 25.7 Å². The molecule has 1 heterocycles. The number of hydrogen-bond donors (Lipinski definition) is 0. The number of esters is 1. The first-order valence-electron chi connectivity index (χ1n) is 11.4. The summed E-state index contributed by atoms with van der Waals surface area (Å²) in [4.78, 5) is 27.7. The Bertz CT molecular complexity index is 621. The Hall–Kier alpha value is -1.26. The molecule has 28 heavy (non-hydrogen) atoms. The molecule has 5 heteroatoms. The summed E-state index contributed by atoms with van der Waals surface area (Å²) in [6, 6.07) is 0. The van der Waals surface area contributed by atoms with Gasteiger partial charge in [0.05, 0.1) is 5.41 Å². The molecule has 1 amide bonds. The highest BCUT2D eigenvalue weighted by Crippen LogP contribution is 2.60. The molecule has 4 bridgehead atoms. The number of piperidine rings is 1. The average molecular weight is 392 g/mol. The molecular formula is C23H37NO4. The first-order chi connectivity index (χ1) is 13.1. The van der Waals surface area contributed by atoms with E-state index in [4.69, 9.17) is 9.47 Å². The van der Waals surface area contributed by atoms with Crippen LogP contribution in [0.15, 0.2) is 0 Å². The molecule has 0 radical (unpaired) electrons. The van der Waals surface area contributed by atoms with Gasteiger partial charge in [-0.15, -0.1) is 0 Å². The van der Waals surface area contributed by atoms with E-state index in [1.165, 1.54) is 6.42 Å². The summed E-state index contributed by atoms with van der Waals surface area (Å²) in [5, 5.41) is 0. The van der Waals surface area contributed by atoms with Gasteiger partial charge in [0.25, 0.3) is 0 Å². The molecule has 5 rings (SSSR count). The van der Waals surface area contributed by atoms with Crippen molar-refractivity contribution in [2.45, 2.75) is 96.7 Å². The molecule has 0 spiro atoms. The molecule has 5 nitrogen and oxygen atoms in total. The lowest BCUT2D eigenvalue weighted by Gasteiger charge is -2.60. The Morgan fingerprint density at radius 3 is 2.07 bits per heavy atom. The zero-order valence-corrected chi connectivity index (χ0v) is 18.1. The second kappa shape index (κ2) is 6.91. The summed E-state index contributed by atoms with van der Waals surface area (Å²) >= 11 is 0. The fourth-order valence-corrected chi connectivity index (χ4v) is 6.25. The van der Waals surface area contributed by atoms with Gasteiger partial charge in [-0.1, -0.05) is 13.8 Å². The molecule has 0 aromatic carbocycles. The van der Waals surface area contributed by atoms with Gasteiger partial charge in [-0.2, -0.15) is 0 Å². The van der Waals surface area contributed by atoms with Crippen LogP contribution in [0.2, 0.25) is 0 Å². The Kier molecular flexibility index (Phi) is 4.95. The van der Waals surface area contributed by atoms with E-state index >= 15 is 0 Å². The lowest BCUT2D eigenvalue weighted by molar-refractivity contribution is -0.226. The van der Waals surface area contributed by atoms with Gasteiger partial charge in [0.2, 0.25) is 0 Å². The summed E-state index contributed by atoms with van der Waals surface area (Å²) in [7, 11) is 0. The summed E-state index contributed by atoms with van der Waals surface area (Å²) in [6.45, 7) is 9.80. The third kappa shape index (κ3) is 3.66. The van der Waals surface area contributed by atoms with Crippen LogP contribution in [0.5, 0.6) is 0 Å². The second-order valence-electron chi connectivity index (χ2n) is 11.0. The maximum atomic E-state index is 12.9. The van der Waals surface area contributed by atoms with Crippen LogP contribution in [-0.2, 0) is 14.3 Å². The van der Waals surface area contributed by atoms with Crippen molar-refractivity contribution in [3.05, 3.63) is 0 Å². The second-order valence-corrected chi connectivity index (χ2v) is 11.0. The smallest absolute Gasteiger partial charge is 0.410 e. The maximum absolute atomic E-state index is 12.9. The van der Waals surface area contributed by atoms with E-state index < -0.39 is 16.6 Å². The monoisotopic (exact) mass is 391 g/mol. The predicted octanol–water partition coefficient (Wildman–Crippen LogP) is 4.93. The Labute approximate surface area is 169 Å². The first-order valence-corrected chi connectivity index (χ1v) is 11.4. The molecule has 0 N–H and O–H groups in total. The molecule has 2 atom stereocenters. The number of amides is 1. The molecule has 1 saturated heterocycles. The highest BCUT2D eigenvalue weighted by atomic mass is 16.6. The van der Waals surface area contributed by atoms with Crippen molar-refractivity contribution in [1.82, 2.24) is 4.90 Å². The zero-order chi connectivity index (χ0) is 20.2. The molecule has 4 saturated carbocycles. The van der Waals surface area contributed by atoms with Crippen molar-refractivity contribution < 1.29 is 19.1 Å². The SMILES string of the molecule is CCC(C)(C)C(=O)OC12CC3CC(CC(OC(=O)N4CCC(C)CC4)(C3)C1)C2. The van der Waals surface area contributed by atoms with E-state index in [1.54, 1.807) is 0 Å². The van der Waals surface area contributed by atoms with Gasteiger partial charge < -0.3 is 14.4 Å². The van der Waals surface area contributed by atoms with Gasteiger partial charge in [-0.05, 0) is 83.0 Å². The summed E-state index contributed by atoms with van der Waals surface area (Å²) in [5.74, 6) is 1.61. The van der Waals surface area contributed by atoms with E-state index in [9.17, 15) is 9.59 Å². The van der Waals surface area contributed by atoms with E-state index in [2.05, 4.69) is 6.92 Å². The molecular weight excluding hydrogens is 354 g/mol. The zero-order valence-electron chi connectivity index (χ0n) is 18.1. The number of carbonyl (C=O) groups is 2. The lowest BCUT2D eigenvalue weighted by atomic mass is 9.52. The summed E-state index contributed by atoms with van der Waals surface area (Å²) in [6.07, 6.45) is 8.37. The molecule has 2 unspecified atom stereocenters. The van der Waals surface area contributed by atoms with Gasteiger partial charge in [0.1, 0.15) is 11.2 Å². The van der Waals surface area contributed by atoms with E-state index in [-0.39, 0.29) is 12.1 Å². The normalized spacial score (nSPS) is 37.8. The summed E-state index contributed by atoms with van der Waals surface area (Å²) in [5.41, 5.74) is -1.32. The van der Waals surface area contributed by atoms with Crippen LogP contribution in [-0.4, -0.2) is 41.3 Å². The third-order valence-corrected chi connectivity index (χ3v) is 8.05. The standard InChI is InChI=1S/C23H37NO4/c1-5-21(3,4)19(25)27-22-11-17-10-18(12-22)14-23(13-17,15-22)28-20(26)24-8-6-16(2)7-9-24/h16-18H,5-15H2,1-4H3. The van der Waals surface area contributed by atoms with Gasteiger partial charge >= 0.3 is 12.1 Å². The number of hydrogen-bond acceptors (Lipinski definition) is 4. The predicted molar refractivity (Wildman–Crippen MR) is 107 cm³/mol. The Balaban J connectivity index is 1.48. The molecule has 4 aliphatic carbocycles. The molecule has 5 fully saturated rings. The number of nitrogens with zero attached hydrogens (tertiary/aromatic N) is 1. The van der Waals surface area contributed by atoms with Gasteiger partial charge in [0, 0.05) is 19.5 Å². The van der Waals surface area contributed by atoms with Crippen molar-refractivity contribution in [1.29, 1.82) is 0 Å². The Morgan fingerprint density at radius 1 is 1.00 bits per heavy atom.